The first-order valence-electron chi connectivity index (χ1n) is 5.20. The monoisotopic (exact) mass is 248 g/mol. The summed E-state index contributed by atoms with van der Waals surface area (Å²) in [7, 11) is 1.95. The summed E-state index contributed by atoms with van der Waals surface area (Å²) in [4.78, 5) is 2.00. The Hall–Kier alpha value is -1.81. The van der Waals surface area contributed by atoms with Gasteiger partial charge in [-0.15, -0.1) is 10.2 Å². The van der Waals surface area contributed by atoms with Gasteiger partial charge in [-0.2, -0.15) is 0 Å². The Balaban J connectivity index is 2.08. The molecule has 0 atom stereocenters. The standard InChI is InChI=1S/C12H13ClN4/c1-17(12-7-6-11(14)15-16-12)8-9-2-4-10(13)5-3-9/h2-7H,8H2,1H3,(H2,14,15). The third kappa shape index (κ3) is 3.07. The molecular formula is C12H13ClN4. The van der Waals surface area contributed by atoms with Gasteiger partial charge in [0.1, 0.15) is 5.82 Å². The molecule has 0 aliphatic heterocycles. The topological polar surface area (TPSA) is 55.0 Å². The summed E-state index contributed by atoms with van der Waals surface area (Å²) in [6.45, 7) is 0.746. The Morgan fingerprint density at radius 3 is 2.41 bits per heavy atom. The smallest absolute Gasteiger partial charge is 0.151 e. The number of rotatable bonds is 3. The molecule has 0 fully saturated rings. The van der Waals surface area contributed by atoms with Crippen LogP contribution in [-0.2, 0) is 6.54 Å². The fraction of sp³-hybridized carbons (Fsp3) is 0.167. The number of nitrogens with two attached hydrogens (primary N) is 1. The van der Waals surface area contributed by atoms with Crippen molar-refractivity contribution in [3.8, 4) is 0 Å². The highest BCUT2D eigenvalue weighted by Gasteiger charge is 2.03. The molecule has 1 aromatic heterocycles. The van der Waals surface area contributed by atoms with Gasteiger partial charge in [0.05, 0.1) is 0 Å². The first kappa shape index (κ1) is 11.7. The van der Waals surface area contributed by atoms with E-state index in [1.54, 1.807) is 6.07 Å². The predicted octanol–water partition coefficient (Wildman–Crippen LogP) is 2.35. The van der Waals surface area contributed by atoms with Gasteiger partial charge in [-0.05, 0) is 29.8 Å². The molecule has 0 aliphatic rings. The zero-order chi connectivity index (χ0) is 12.3. The summed E-state index contributed by atoms with van der Waals surface area (Å²) >= 11 is 5.83. The second-order valence-corrected chi connectivity index (χ2v) is 4.24. The maximum atomic E-state index is 5.83. The van der Waals surface area contributed by atoms with Crippen LogP contribution in [0.5, 0.6) is 0 Å². The number of nitrogens with zero attached hydrogens (tertiary/aromatic N) is 3. The molecule has 17 heavy (non-hydrogen) atoms. The summed E-state index contributed by atoms with van der Waals surface area (Å²) in [5, 5.41) is 8.58. The van der Waals surface area contributed by atoms with E-state index in [0.29, 0.717) is 5.82 Å². The van der Waals surface area contributed by atoms with E-state index in [-0.39, 0.29) is 0 Å². The maximum absolute atomic E-state index is 5.83. The van der Waals surface area contributed by atoms with Crippen molar-refractivity contribution in [1.82, 2.24) is 10.2 Å². The van der Waals surface area contributed by atoms with Crippen molar-refractivity contribution >= 4 is 23.2 Å². The summed E-state index contributed by atoms with van der Waals surface area (Å²) in [6, 6.07) is 11.3. The van der Waals surface area contributed by atoms with Crippen LogP contribution in [-0.4, -0.2) is 17.2 Å². The lowest BCUT2D eigenvalue weighted by molar-refractivity contribution is 0.869. The van der Waals surface area contributed by atoms with E-state index in [1.807, 2.05) is 42.3 Å². The van der Waals surface area contributed by atoms with Crippen LogP contribution in [0, 0.1) is 0 Å². The van der Waals surface area contributed by atoms with Gasteiger partial charge in [-0.3, -0.25) is 0 Å². The van der Waals surface area contributed by atoms with Crippen molar-refractivity contribution < 1.29 is 0 Å². The average Bonchev–Trinajstić information content (AvgIpc) is 2.33. The van der Waals surface area contributed by atoms with Gasteiger partial charge >= 0.3 is 0 Å². The normalized spacial score (nSPS) is 10.2. The Kier molecular flexibility index (Phi) is 3.44. The van der Waals surface area contributed by atoms with E-state index in [1.165, 1.54) is 0 Å². The third-order valence-electron chi connectivity index (χ3n) is 2.40. The molecule has 4 nitrogen and oxygen atoms in total. The largest absolute Gasteiger partial charge is 0.382 e. The molecule has 2 rings (SSSR count). The SMILES string of the molecule is CN(Cc1ccc(Cl)cc1)c1ccc(N)nn1. The molecular weight excluding hydrogens is 236 g/mol. The minimum atomic E-state index is 0.425. The van der Waals surface area contributed by atoms with E-state index in [4.69, 9.17) is 17.3 Å². The number of halogens is 1. The van der Waals surface area contributed by atoms with Crippen molar-refractivity contribution in [2.75, 3.05) is 17.7 Å². The van der Waals surface area contributed by atoms with Gasteiger partial charge in [-0.1, -0.05) is 23.7 Å². The third-order valence-corrected chi connectivity index (χ3v) is 2.65. The zero-order valence-corrected chi connectivity index (χ0v) is 10.2. The van der Waals surface area contributed by atoms with Crippen molar-refractivity contribution in [2.24, 2.45) is 0 Å². The molecule has 0 amide bonds. The van der Waals surface area contributed by atoms with Crippen LogP contribution in [0.25, 0.3) is 0 Å². The Morgan fingerprint density at radius 1 is 1.12 bits per heavy atom. The van der Waals surface area contributed by atoms with E-state index >= 15 is 0 Å². The van der Waals surface area contributed by atoms with Gasteiger partial charge in [-0.25, -0.2) is 0 Å². The van der Waals surface area contributed by atoms with Gasteiger partial charge in [0.2, 0.25) is 0 Å². The fourth-order valence-electron chi connectivity index (χ4n) is 1.48. The van der Waals surface area contributed by atoms with Crippen LogP contribution in [0.1, 0.15) is 5.56 Å². The molecule has 0 radical (unpaired) electrons. The number of benzene rings is 1. The number of hydrogen-bond donors (Lipinski definition) is 1. The molecule has 0 aliphatic carbocycles. The number of anilines is 2. The molecule has 1 aromatic carbocycles. The summed E-state index contributed by atoms with van der Waals surface area (Å²) in [6.07, 6.45) is 0. The zero-order valence-electron chi connectivity index (χ0n) is 9.47. The molecule has 0 saturated carbocycles. The molecule has 88 valence electrons. The number of aromatic nitrogens is 2. The molecule has 2 aromatic rings. The molecule has 1 heterocycles. The lowest BCUT2D eigenvalue weighted by Crippen LogP contribution is -2.18. The van der Waals surface area contributed by atoms with Crippen LogP contribution in [0.15, 0.2) is 36.4 Å². The summed E-state index contributed by atoms with van der Waals surface area (Å²) in [5.41, 5.74) is 6.65. The molecule has 0 unspecified atom stereocenters. The van der Waals surface area contributed by atoms with Crippen LogP contribution >= 0.6 is 11.6 Å². The van der Waals surface area contributed by atoms with Crippen LogP contribution < -0.4 is 10.6 Å². The predicted molar refractivity (Wildman–Crippen MR) is 70.0 cm³/mol. The highest BCUT2D eigenvalue weighted by molar-refractivity contribution is 6.30. The number of nitrogen functional groups attached to an aromatic ring is 1. The van der Waals surface area contributed by atoms with Crippen molar-refractivity contribution in [3.05, 3.63) is 47.0 Å². The summed E-state index contributed by atoms with van der Waals surface area (Å²) in [5.74, 6) is 1.21. The Labute approximate surface area is 105 Å². The number of hydrogen-bond acceptors (Lipinski definition) is 4. The minimum absolute atomic E-state index is 0.425. The lowest BCUT2D eigenvalue weighted by Gasteiger charge is -2.17. The van der Waals surface area contributed by atoms with E-state index < -0.39 is 0 Å². The maximum Gasteiger partial charge on any atom is 0.151 e. The van der Waals surface area contributed by atoms with Crippen molar-refractivity contribution in [1.29, 1.82) is 0 Å². The summed E-state index contributed by atoms with van der Waals surface area (Å²) < 4.78 is 0. The Bertz CT molecular complexity index is 481. The molecule has 0 bridgehead atoms. The van der Waals surface area contributed by atoms with E-state index in [9.17, 15) is 0 Å². The lowest BCUT2D eigenvalue weighted by atomic mass is 10.2. The molecule has 0 saturated heterocycles. The van der Waals surface area contributed by atoms with Gasteiger partial charge < -0.3 is 10.6 Å². The van der Waals surface area contributed by atoms with Crippen LogP contribution in [0.4, 0.5) is 11.6 Å². The van der Waals surface area contributed by atoms with E-state index in [0.717, 1.165) is 22.9 Å². The van der Waals surface area contributed by atoms with Gasteiger partial charge in [0, 0.05) is 18.6 Å². The van der Waals surface area contributed by atoms with E-state index in [2.05, 4.69) is 10.2 Å². The highest BCUT2D eigenvalue weighted by atomic mass is 35.5. The molecule has 0 spiro atoms. The second kappa shape index (κ2) is 5.01. The second-order valence-electron chi connectivity index (χ2n) is 3.80. The fourth-order valence-corrected chi connectivity index (χ4v) is 1.61. The Morgan fingerprint density at radius 2 is 1.82 bits per heavy atom. The van der Waals surface area contributed by atoms with Gasteiger partial charge in [0.15, 0.2) is 5.82 Å². The molecule has 5 heteroatoms. The first-order chi connectivity index (χ1) is 8.15. The van der Waals surface area contributed by atoms with Crippen molar-refractivity contribution in [3.63, 3.8) is 0 Å². The van der Waals surface area contributed by atoms with Crippen LogP contribution in [0.2, 0.25) is 5.02 Å². The van der Waals surface area contributed by atoms with Crippen molar-refractivity contribution in [2.45, 2.75) is 6.54 Å². The first-order valence-corrected chi connectivity index (χ1v) is 5.58. The quantitative estimate of drug-likeness (QED) is 0.906. The van der Waals surface area contributed by atoms with Gasteiger partial charge in [0.25, 0.3) is 0 Å². The highest BCUT2D eigenvalue weighted by Crippen LogP contribution is 2.14. The van der Waals surface area contributed by atoms with Crippen LogP contribution in [0.3, 0.4) is 0 Å². The average molecular weight is 249 g/mol. The molecule has 2 N–H and O–H groups in total. The minimum Gasteiger partial charge on any atom is -0.382 e.